The molecule has 0 saturated carbocycles. The minimum Gasteiger partial charge on any atom is -0.408 e. The lowest BCUT2D eigenvalue weighted by Crippen LogP contribution is -2.19. The van der Waals surface area contributed by atoms with Crippen LogP contribution >= 0.6 is 0 Å². The number of oxazole rings is 1. The summed E-state index contributed by atoms with van der Waals surface area (Å²) in [5.74, 6) is -0.810. The maximum absolute atomic E-state index is 12.1. The van der Waals surface area contributed by atoms with Crippen LogP contribution in [-0.4, -0.2) is 10.7 Å². The van der Waals surface area contributed by atoms with E-state index in [1.807, 2.05) is 0 Å². The zero-order valence-corrected chi connectivity index (χ0v) is 8.62. The summed E-state index contributed by atoms with van der Waals surface area (Å²) >= 11 is 0. The summed E-state index contributed by atoms with van der Waals surface area (Å²) in [5, 5.41) is 0. The highest BCUT2D eigenvalue weighted by Gasteiger charge is 2.27. The number of nitrogens with zero attached hydrogens (tertiary/aromatic N) is 1. The number of aromatic nitrogens is 1. The number of nitrogens with two attached hydrogens (primary N) is 1. The second-order valence-corrected chi connectivity index (χ2v) is 3.61. The third kappa shape index (κ3) is 2.43. The van der Waals surface area contributed by atoms with E-state index in [0.29, 0.717) is 5.69 Å². The Morgan fingerprint density at radius 1 is 1.35 bits per heavy atom. The van der Waals surface area contributed by atoms with Crippen molar-refractivity contribution < 1.29 is 17.6 Å². The fraction of sp³-hybridized carbons (Fsp3) is 0.300. The van der Waals surface area contributed by atoms with Crippen LogP contribution in [0.4, 0.5) is 18.9 Å². The first-order valence-electron chi connectivity index (χ1n) is 4.82. The molecule has 0 atom stereocenters. The molecule has 0 amide bonds. The molecule has 0 fully saturated rings. The van der Waals surface area contributed by atoms with Gasteiger partial charge < -0.3 is 10.2 Å². The fourth-order valence-corrected chi connectivity index (χ4v) is 1.53. The van der Waals surface area contributed by atoms with Crippen molar-refractivity contribution in [3.8, 4) is 0 Å². The first-order valence-corrected chi connectivity index (χ1v) is 4.82. The Labute approximate surface area is 93.4 Å². The Balaban J connectivity index is 2.42. The van der Waals surface area contributed by atoms with Crippen molar-refractivity contribution in [3.05, 3.63) is 28.7 Å². The summed E-state index contributed by atoms with van der Waals surface area (Å²) in [6.07, 6.45) is -5.40. The maximum Gasteiger partial charge on any atom is 0.419 e. The number of hydrogen-bond acceptors (Lipinski definition) is 3. The summed E-state index contributed by atoms with van der Waals surface area (Å²) in [6.45, 7) is -0.473. The lowest BCUT2D eigenvalue weighted by atomic mass is 10.3. The van der Waals surface area contributed by atoms with E-state index in [4.69, 9.17) is 10.2 Å². The van der Waals surface area contributed by atoms with Gasteiger partial charge >= 0.3 is 11.9 Å². The van der Waals surface area contributed by atoms with Crippen LogP contribution in [0.2, 0.25) is 0 Å². The zero-order chi connectivity index (χ0) is 12.6. The molecule has 0 aliphatic carbocycles. The first kappa shape index (κ1) is 11.6. The van der Waals surface area contributed by atoms with Crippen LogP contribution in [0.5, 0.6) is 0 Å². The molecule has 1 aromatic carbocycles. The summed E-state index contributed by atoms with van der Waals surface area (Å²) < 4.78 is 42.0. The number of fused-ring (bicyclic) bond motifs is 1. The van der Waals surface area contributed by atoms with Gasteiger partial charge in [-0.15, -0.1) is 0 Å². The first-order chi connectivity index (χ1) is 7.87. The molecule has 2 aromatic rings. The Morgan fingerprint density at radius 3 is 2.71 bits per heavy atom. The SMILES string of the molecule is Nc1ccc2oc(=O)n(CCC(F)(F)F)c2c1. The van der Waals surface area contributed by atoms with Crippen molar-refractivity contribution in [3.63, 3.8) is 0 Å². The molecule has 0 bridgehead atoms. The number of aryl methyl sites for hydroxylation is 1. The van der Waals surface area contributed by atoms with Crippen molar-refractivity contribution in [2.75, 3.05) is 5.73 Å². The Kier molecular flexibility index (Phi) is 2.60. The number of hydrogen-bond donors (Lipinski definition) is 1. The minimum absolute atomic E-state index is 0.228. The van der Waals surface area contributed by atoms with Gasteiger partial charge in [0.15, 0.2) is 5.58 Å². The molecule has 0 aliphatic heterocycles. The van der Waals surface area contributed by atoms with Gasteiger partial charge in [-0.1, -0.05) is 0 Å². The van der Waals surface area contributed by atoms with Crippen LogP contribution in [0.15, 0.2) is 27.4 Å². The van der Waals surface area contributed by atoms with Crippen molar-refractivity contribution in [2.24, 2.45) is 0 Å². The highest BCUT2D eigenvalue weighted by molar-refractivity contribution is 5.76. The molecule has 0 radical (unpaired) electrons. The molecular weight excluding hydrogens is 237 g/mol. The monoisotopic (exact) mass is 246 g/mol. The molecule has 0 unspecified atom stereocenters. The van der Waals surface area contributed by atoms with Crippen LogP contribution in [0.3, 0.4) is 0 Å². The van der Waals surface area contributed by atoms with Crippen LogP contribution in [0, 0.1) is 0 Å². The van der Waals surface area contributed by atoms with Gasteiger partial charge in [0.05, 0.1) is 11.9 Å². The third-order valence-electron chi connectivity index (χ3n) is 2.31. The number of halogens is 3. The van der Waals surface area contributed by atoms with Crippen molar-refractivity contribution >= 4 is 16.8 Å². The Hall–Kier alpha value is -1.92. The van der Waals surface area contributed by atoms with Gasteiger partial charge in [0.25, 0.3) is 0 Å². The van der Waals surface area contributed by atoms with E-state index >= 15 is 0 Å². The molecule has 17 heavy (non-hydrogen) atoms. The highest BCUT2D eigenvalue weighted by atomic mass is 19.4. The summed E-state index contributed by atoms with van der Waals surface area (Å²) in [4.78, 5) is 11.4. The molecule has 0 aliphatic rings. The van der Waals surface area contributed by atoms with Crippen molar-refractivity contribution in [1.29, 1.82) is 0 Å². The van der Waals surface area contributed by atoms with Gasteiger partial charge in [-0.05, 0) is 18.2 Å². The second-order valence-electron chi connectivity index (χ2n) is 3.61. The van der Waals surface area contributed by atoms with Crippen LogP contribution < -0.4 is 11.5 Å². The van der Waals surface area contributed by atoms with E-state index < -0.39 is 24.9 Å². The van der Waals surface area contributed by atoms with Crippen molar-refractivity contribution in [2.45, 2.75) is 19.1 Å². The molecule has 7 heteroatoms. The molecule has 0 saturated heterocycles. The summed E-state index contributed by atoms with van der Waals surface area (Å²) in [5.41, 5.74) is 6.37. The largest absolute Gasteiger partial charge is 0.419 e. The van der Waals surface area contributed by atoms with E-state index in [1.165, 1.54) is 18.2 Å². The standard InChI is InChI=1S/C10H9F3N2O2/c11-10(12,13)3-4-15-7-5-6(14)1-2-8(7)17-9(15)16/h1-2,5H,3-4,14H2. The van der Waals surface area contributed by atoms with E-state index in [9.17, 15) is 18.0 Å². The zero-order valence-electron chi connectivity index (χ0n) is 8.62. The van der Waals surface area contributed by atoms with E-state index in [1.54, 1.807) is 0 Å². The molecule has 2 rings (SSSR count). The molecule has 1 heterocycles. The molecule has 92 valence electrons. The predicted molar refractivity (Wildman–Crippen MR) is 55.6 cm³/mol. The summed E-state index contributed by atoms with van der Waals surface area (Å²) in [7, 11) is 0. The smallest absolute Gasteiger partial charge is 0.408 e. The second kappa shape index (κ2) is 3.83. The number of benzene rings is 1. The molecule has 4 nitrogen and oxygen atoms in total. The lowest BCUT2D eigenvalue weighted by molar-refractivity contribution is -0.136. The van der Waals surface area contributed by atoms with Crippen molar-refractivity contribution in [1.82, 2.24) is 4.57 Å². The van der Waals surface area contributed by atoms with Gasteiger partial charge in [-0.25, -0.2) is 4.79 Å². The number of rotatable bonds is 2. The lowest BCUT2D eigenvalue weighted by Gasteiger charge is -2.06. The van der Waals surface area contributed by atoms with Gasteiger partial charge in [0.1, 0.15) is 0 Å². The maximum atomic E-state index is 12.1. The van der Waals surface area contributed by atoms with E-state index in [0.717, 1.165) is 4.57 Å². The minimum atomic E-state index is -4.32. The fourth-order valence-electron chi connectivity index (χ4n) is 1.53. The topological polar surface area (TPSA) is 61.2 Å². The molecule has 2 N–H and O–H groups in total. The van der Waals surface area contributed by atoms with Crippen LogP contribution in [0.25, 0.3) is 11.1 Å². The third-order valence-corrected chi connectivity index (χ3v) is 2.31. The summed E-state index contributed by atoms with van der Waals surface area (Å²) in [6, 6.07) is 4.38. The Bertz CT molecular complexity index is 598. The molecular formula is C10H9F3N2O2. The highest BCUT2D eigenvalue weighted by Crippen LogP contribution is 2.22. The number of alkyl halides is 3. The number of anilines is 1. The van der Waals surface area contributed by atoms with Crippen LogP contribution in [-0.2, 0) is 6.54 Å². The van der Waals surface area contributed by atoms with E-state index in [-0.39, 0.29) is 11.1 Å². The van der Waals surface area contributed by atoms with E-state index in [2.05, 4.69) is 0 Å². The average Bonchev–Trinajstić information content (AvgIpc) is 2.49. The van der Waals surface area contributed by atoms with Gasteiger partial charge in [-0.3, -0.25) is 4.57 Å². The molecule has 0 spiro atoms. The van der Waals surface area contributed by atoms with Gasteiger partial charge in [0.2, 0.25) is 0 Å². The molecule has 1 aromatic heterocycles. The predicted octanol–water partition coefficient (Wildman–Crippen LogP) is 2.13. The number of nitrogen functional groups attached to an aromatic ring is 1. The normalized spacial score (nSPS) is 12.2. The average molecular weight is 246 g/mol. The Morgan fingerprint density at radius 2 is 2.06 bits per heavy atom. The van der Waals surface area contributed by atoms with Crippen LogP contribution in [0.1, 0.15) is 6.42 Å². The van der Waals surface area contributed by atoms with Gasteiger partial charge in [-0.2, -0.15) is 13.2 Å². The van der Waals surface area contributed by atoms with Gasteiger partial charge in [0, 0.05) is 12.2 Å². The quantitative estimate of drug-likeness (QED) is 0.825.